The standard InChI is InChI=1S/C25H38O3/c1-22(2)10-6-11-23(3)18(22)9-12-24(4)19-8-7-16(14-26)17(15-27)25(19,5)21(28)13-20(23)24/h7,14-15,17-21,28H,6,8-13H2,1-5H3/t17?,18?,19?,20?,21-,23+,24+,25-/m1/s1. The van der Waals surface area contributed by atoms with E-state index < -0.39 is 17.4 Å². The normalized spacial score (nSPS) is 52.5. The second kappa shape index (κ2) is 6.27. The summed E-state index contributed by atoms with van der Waals surface area (Å²) >= 11 is 0. The highest BCUT2D eigenvalue weighted by atomic mass is 16.3. The topological polar surface area (TPSA) is 54.4 Å². The lowest BCUT2D eigenvalue weighted by Gasteiger charge is -2.70. The highest BCUT2D eigenvalue weighted by Gasteiger charge is 2.67. The van der Waals surface area contributed by atoms with Gasteiger partial charge < -0.3 is 9.90 Å². The number of fused-ring (bicyclic) bond motifs is 5. The number of rotatable bonds is 2. The third kappa shape index (κ3) is 2.38. The predicted molar refractivity (Wildman–Crippen MR) is 111 cm³/mol. The lowest BCUT2D eigenvalue weighted by Crippen LogP contribution is -2.66. The van der Waals surface area contributed by atoms with E-state index in [2.05, 4.69) is 34.6 Å². The molecule has 28 heavy (non-hydrogen) atoms. The van der Waals surface area contributed by atoms with Gasteiger partial charge in [0.25, 0.3) is 0 Å². The lowest BCUT2D eigenvalue weighted by atomic mass is 9.35. The molecule has 4 unspecified atom stereocenters. The van der Waals surface area contributed by atoms with Gasteiger partial charge in [-0.1, -0.05) is 47.1 Å². The molecule has 0 aromatic carbocycles. The summed E-state index contributed by atoms with van der Waals surface area (Å²) in [5, 5.41) is 11.5. The lowest BCUT2D eigenvalue weighted by molar-refractivity contribution is -0.231. The molecule has 3 fully saturated rings. The van der Waals surface area contributed by atoms with Crippen LogP contribution in [0.5, 0.6) is 0 Å². The largest absolute Gasteiger partial charge is 0.393 e. The Labute approximate surface area is 170 Å². The van der Waals surface area contributed by atoms with E-state index in [0.717, 1.165) is 25.4 Å². The molecular weight excluding hydrogens is 348 g/mol. The summed E-state index contributed by atoms with van der Waals surface area (Å²) in [6.07, 6.45) is 11.1. The Morgan fingerprint density at radius 1 is 0.964 bits per heavy atom. The van der Waals surface area contributed by atoms with Gasteiger partial charge in [0.05, 0.1) is 12.0 Å². The Morgan fingerprint density at radius 2 is 1.64 bits per heavy atom. The van der Waals surface area contributed by atoms with Gasteiger partial charge in [0.1, 0.15) is 12.6 Å². The molecular formula is C25H38O3. The molecule has 4 aliphatic carbocycles. The van der Waals surface area contributed by atoms with Gasteiger partial charge in [0.2, 0.25) is 0 Å². The molecule has 156 valence electrons. The second-order valence-electron chi connectivity index (χ2n) is 11.8. The first kappa shape index (κ1) is 20.3. The van der Waals surface area contributed by atoms with Gasteiger partial charge >= 0.3 is 0 Å². The van der Waals surface area contributed by atoms with E-state index >= 15 is 0 Å². The van der Waals surface area contributed by atoms with Crippen LogP contribution in [0.25, 0.3) is 0 Å². The summed E-state index contributed by atoms with van der Waals surface area (Å²) in [7, 11) is 0. The number of carbonyl (C=O) groups is 2. The summed E-state index contributed by atoms with van der Waals surface area (Å²) in [5.41, 5.74) is 0.767. The fourth-order valence-electron chi connectivity index (χ4n) is 9.10. The fourth-order valence-corrected chi connectivity index (χ4v) is 9.10. The number of hydrogen-bond acceptors (Lipinski definition) is 3. The first-order valence-electron chi connectivity index (χ1n) is 11.3. The number of carbonyl (C=O) groups excluding carboxylic acids is 2. The molecule has 0 spiro atoms. The molecule has 3 heteroatoms. The summed E-state index contributed by atoms with van der Waals surface area (Å²) in [6.45, 7) is 11.9. The smallest absolute Gasteiger partial charge is 0.146 e. The van der Waals surface area contributed by atoms with E-state index in [-0.39, 0.29) is 16.7 Å². The zero-order chi connectivity index (χ0) is 20.5. The Morgan fingerprint density at radius 3 is 2.29 bits per heavy atom. The van der Waals surface area contributed by atoms with Crippen LogP contribution in [0.2, 0.25) is 0 Å². The van der Waals surface area contributed by atoms with Gasteiger partial charge in [-0.25, -0.2) is 0 Å². The summed E-state index contributed by atoms with van der Waals surface area (Å²) < 4.78 is 0. The Kier molecular flexibility index (Phi) is 4.55. The summed E-state index contributed by atoms with van der Waals surface area (Å²) in [6, 6.07) is 0. The zero-order valence-electron chi connectivity index (χ0n) is 18.3. The van der Waals surface area contributed by atoms with Crippen molar-refractivity contribution in [3.05, 3.63) is 11.6 Å². The van der Waals surface area contributed by atoms with Crippen molar-refractivity contribution < 1.29 is 14.7 Å². The minimum absolute atomic E-state index is 0.110. The van der Waals surface area contributed by atoms with Crippen LogP contribution in [0.15, 0.2) is 11.6 Å². The van der Waals surface area contributed by atoms with E-state index in [1.165, 1.54) is 32.1 Å². The van der Waals surface area contributed by atoms with E-state index in [1.54, 1.807) is 0 Å². The zero-order valence-corrected chi connectivity index (χ0v) is 18.3. The minimum atomic E-state index is -0.536. The van der Waals surface area contributed by atoms with Gasteiger partial charge in [0.15, 0.2) is 0 Å². The molecule has 8 atom stereocenters. The average molecular weight is 387 g/mol. The Balaban J connectivity index is 1.81. The molecule has 0 aliphatic heterocycles. The molecule has 0 radical (unpaired) electrons. The maximum Gasteiger partial charge on any atom is 0.146 e. The van der Waals surface area contributed by atoms with Crippen LogP contribution in [0.3, 0.4) is 0 Å². The van der Waals surface area contributed by atoms with E-state index in [0.29, 0.717) is 22.8 Å². The van der Waals surface area contributed by atoms with Crippen LogP contribution in [0.4, 0.5) is 0 Å². The first-order chi connectivity index (χ1) is 13.1. The van der Waals surface area contributed by atoms with Crippen LogP contribution in [0.1, 0.15) is 79.6 Å². The molecule has 0 amide bonds. The molecule has 0 saturated heterocycles. The molecule has 0 heterocycles. The van der Waals surface area contributed by atoms with Gasteiger partial charge in [-0.2, -0.15) is 0 Å². The van der Waals surface area contributed by atoms with Crippen LogP contribution >= 0.6 is 0 Å². The van der Waals surface area contributed by atoms with Crippen molar-refractivity contribution in [3.8, 4) is 0 Å². The van der Waals surface area contributed by atoms with Gasteiger partial charge in [-0.3, -0.25) is 4.79 Å². The van der Waals surface area contributed by atoms with Crippen LogP contribution in [-0.2, 0) is 9.59 Å². The average Bonchev–Trinajstić information content (AvgIpc) is 2.62. The van der Waals surface area contributed by atoms with Crippen LogP contribution < -0.4 is 0 Å². The maximum atomic E-state index is 12.1. The van der Waals surface area contributed by atoms with Crippen molar-refractivity contribution in [1.29, 1.82) is 0 Å². The minimum Gasteiger partial charge on any atom is -0.393 e. The van der Waals surface area contributed by atoms with Gasteiger partial charge in [-0.15, -0.1) is 0 Å². The highest BCUT2D eigenvalue weighted by Crippen LogP contribution is 2.72. The number of aliphatic hydroxyl groups excluding tert-OH is 1. The highest BCUT2D eigenvalue weighted by molar-refractivity contribution is 5.82. The fraction of sp³-hybridized carbons (Fsp3) is 0.840. The summed E-state index contributed by atoms with van der Waals surface area (Å²) in [4.78, 5) is 23.7. The molecule has 3 saturated carbocycles. The second-order valence-corrected chi connectivity index (χ2v) is 11.8. The first-order valence-corrected chi connectivity index (χ1v) is 11.3. The van der Waals surface area contributed by atoms with Crippen molar-refractivity contribution in [2.75, 3.05) is 0 Å². The molecule has 0 aromatic rings. The van der Waals surface area contributed by atoms with E-state index in [9.17, 15) is 14.7 Å². The van der Waals surface area contributed by atoms with Crippen molar-refractivity contribution in [2.45, 2.75) is 85.7 Å². The SMILES string of the molecule is CC1(C)CCC[C@@]2(C)C1CC[C@]1(C)C2C[C@@H](O)[C@]2(C)C(C=O)C(C=O)=CCC12. The number of hydrogen-bond donors (Lipinski definition) is 1. The van der Waals surface area contributed by atoms with Crippen molar-refractivity contribution in [3.63, 3.8) is 0 Å². The van der Waals surface area contributed by atoms with Crippen molar-refractivity contribution in [2.24, 2.45) is 45.3 Å². The third-order valence-corrected chi connectivity index (χ3v) is 10.5. The third-order valence-electron chi connectivity index (χ3n) is 10.5. The van der Waals surface area contributed by atoms with Gasteiger partial charge in [0, 0.05) is 5.41 Å². The number of aldehydes is 2. The predicted octanol–water partition coefficient (Wildman–Crippen LogP) is 4.97. The monoisotopic (exact) mass is 386 g/mol. The molecule has 0 bridgehead atoms. The van der Waals surface area contributed by atoms with Gasteiger partial charge in [-0.05, 0) is 78.1 Å². The van der Waals surface area contributed by atoms with E-state index in [1.807, 2.05) is 6.08 Å². The van der Waals surface area contributed by atoms with E-state index in [4.69, 9.17) is 0 Å². The van der Waals surface area contributed by atoms with Crippen molar-refractivity contribution >= 4 is 12.6 Å². The molecule has 4 aliphatic rings. The number of aliphatic hydroxyl groups is 1. The molecule has 3 nitrogen and oxygen atoms in total. The van der Waals surface area contributed by atoms with Crippen LogP contribution in [-0.4, -0.2) is 23.8 Å². The summed E-state index contributed by atoms with van der Waals surface area (Å²) in [5.74, 6) is 0.945. The Bertz CT molecular complexity index is 709. The Hall–Kier alpha value is -0.960. The van der Waals surface area contributed by atoms with Crippen molar-refractivity contribution in [1.82, 2.24) is 0 Å². The quantitative estimate of drug-likeness (QED) is 0.682. The molecule has 4 rings (SSSR count). The van der Waals surface area contributed by atoms with Crippen LogP contribution in [0, 0.1) is 45.3 Å². The number of allylic oxidation sites excluding steroid dienone is 2. The molecule has 1 N–H and O–H groups in total. The maximum absolute atomic E-state index is 12.1. The molecule has 0 aromatic heterocycles.